The van der Waals surface area contributed by atoms with Crippen LogP contribution in [0, 0.1) is 6.92 Å². The fourth-order valence-electron chi connectivity index (χ4n) is 1.69. The van der Waals surface area contributed by atoms with Crippen molar-refractivity contribution in [3.05, 3.63) is 45.7 Å². The molecule has 0 fully saturated rings. The Balaban J connectivity index is 2.07. The molecule has 2 aromatic rings. The minimum atomic E-state index is -0.312. The summed E-state index contributed by atoms with van der Waals surface area (Å²) >= 11 is 3.23. The maximum atomic E-state index is 12.0. The van der Waals surface area contributed by atoms with Crippen LogP contribution in [0.15, 0.2) is 28.9 Å². The van der Waals surface area contributed by atoms with E-state index in [4.69, 9.17) is 0 Å². The molecule has 0 saturated carbocycles. The Labute approximate surface area is 119 Å². The SMILES string of the molecule is Cc1c(CNC(=O)c2ccc(Br)cc2O)cnn1C. The molecule has 1 heterocycles. The summed E-state index contributed by atoms with van der Waals surface area (Å²) in [7, 11) is 1.85. The normalized spacial score (nSPS) is 10.5. The van der Waals surface area contributed by atoms with Crippen molar-refractivity contribution < 1.29 is 9.90 Å². The summed E-state index contributed by atoms with van der Waals surface area (Å²) < 4.78 is 2.48. The number of halogens is 1. The van der Waals surface area contributed by atoms with Gasteiger partial charge in [0.05, 0.1) is 11.8 Å². The molecule has 1 aromatic heterocycles. The lowest BCUT2D eigenvalue weighted by molar-refractivity contribution is 0.0948. The summed E-state index contributed by atoms with van der Waals surface area (Å²) in [6, 6.07) is 4.78. The summed E-state index contributed by atoms with van der Waals surface area (Å²) in [6.07, 6.45) is 1.72. The van der Waals surface area contributed by atoms with Crippen LogP contribution in [0.1, 0.15) is 21.6 Å². The van der Waals surface area contributed by atoms with E-state index in [1.165, 1.54) is 6.07 Å². The van der Waals surface area contributed by atoms with Gasteiger partial charge < -0.3 is 10.4 Å². The van der Waals surface area contributed by atoms with E-state index in [0.717, 1.165) is 15.7 Å². The lowest BCUT2D eigenvalue weighted by Crippen LogP contribution is -2.23. The number of nitrogens with one attached hydrogen (secondary N) is 1. The van der Waals surface area contributed by atoms with Gasteiger partial charge in [-0.3, -0.25) is 9.48 Å². The maximum Gasteiger partial charge on any atom is 0.255 e. The van der Waals surface area contributed by atoms with Gasteiger partial charge in [-0.1, -0.05) is 15.9 Å². The third-order valence-electron chi connectivity index (χ3n) is 2.98. The second-order valence-corrected chi connectivity index (χ2v) is 5.14. The smallest absolute Gasteiger partial charge is 0.255 e. The largest absolute Gasteiger partial charge is 0.507 e. The molecule has 6 heteroatoms. The zero-order valence-corrected chi connectivity index (χ0v) is 12.2. The molecule has 0 aliphatic heterocycles. The monoisotopic (exact) mass is 323 g/mol. The highest BCUT2D eigenvalue weighted by Gasteiger charge is 2.12. The maximum absolute atomic E-state index is 12.0. The molecule has 0 atom stereocenters. The van der Waals surface area contributed by atoms with Gasteiger partial charge in [0.1, 0.15) is 5.75 Å². The van der Waals surface area contributed by atoms with Gasteiger partial charge in [-0.15, -0.1) is 0 Å². The van der Waals surface area contributed by atoms with Crippen LogP contribution < -0.4 is 5.32 Å². The van der Waals surface area contributed by atoms with Gasteiger partial charge in [-0.25, -0.2) is 0 Å². The third-order valence-corrected chi connectivity index (χ3v) is 3.47. The van der Waals surface area contributed by atoms with Crippen LogP contribution in [0.2, 0.25) is 0 Å². The Morgan fingerprint density at radius 2 is 2.26 bits per heavy atom. The molecule has 1 amide bonds. The first-order valence-electron chi connectivity index (χ1n) is 5.73. The van der Waals surface area contributed by atoms with E-state index < -0.39 is 0 Å². The van der Waals surface area contributed by atoms with Crippen LogP contribution >= 0.6 is 15.9 Å². The minimum absolute atomic E-state index is 0.0465. The number of aromatic hydroxyl groups is 1. The van der Waals surface area contributed by atoms with Gasteiger partial charge in [0, 0.05) is 29.3 Å². The zero-order valence-electron chi connectivity index (χ0n) is 10.6. The standard InChI is InChI=1S/C13H14BrN3O2/c1-8-9(7-16-17(8)2)6-15-13(19)11-4-3-10(14)5-12(11)18/h3-5,7,18H,6H2,1-2H3,(H,15,19). The van der Waals surface area contributed by atoms with E-state index >= 15 is 0 Å². The van der Waals surface area contributed by atoms with E-state index in [1.807, 2.05) is 14.0 Å². The molecule has 0 radical (unpaired) electrons. The van der Waals surface area contributed by atoms with Crippen molar-refractivity contribution in [2.45, 2.75) is 13.5 Å². The molecule has 19 heavy (non-hydrogen) atoms. The average molecular weight is 324 g/mol. The number of rotatable bonds is 3. The Bertz CT molecular complexity index is 622. The summed E-state index contributed by atoms with van der Waals surface area (Å²) in [6.45, 7) is 2.32. The first kappa shape index (κ1) is 13.6. The third kappa shape index (κ3) is 2.96. The summed E-state index contributed by atoms with van der Waals surface area (Å²) in [4.78, 5) is 12.0. The van der Waals surface area contributed by atoms with Gasteiger partial charge in [0.25, 0.3) is 5.91 Å². The van der Waals surface area contributed by atoms with Gasteiger partial charge >= 0.3 is 0 Å². The van der Waals surface area contributed by atoms with Crippen LogP contribution in [-0.2, 0) is 13.6 Å². The van der Waals surface area contributed by atoms with Crippen molar-refractivity contribution in [2.75, 3.05) is 0 Å². The van der Waals surface area contributed by atoms with Crippen molar-refractivity contribution >= 4 is 21.8 Å². The number of amides is 1. The number of aryl methyl sites for hydroxylation is 1. The minimum Gasteiger partial charge on any atom is -0.507 e. The van der Waals surface area contributed by atoms with E-state index in [2.05, 4.69) is 26.3 Å². The predicted molar refractivity (Wildman–Crippen MR) is 74.9 cm³/mol. The molecule has 0 unspecified atom stereocenters. The molecular weight excluding hydrogens is 310 g/mol. The topological polar surface area (TPSA) is 67.2 Å². The first-order valence-corrected chi connectivity index (χ1v) is 6.52. The van der Waals surface area contributed by atoms with Gasteiger partial charge in [-0.05, 0) is 25.1 Å². The van der Waals surface area contributed by atoms with E-state index in [9.17, 15) is 9.90 Å². The van der Waals surface area contributed by atoms with Crippen molar-refractivity contribution in [1.82, 2.24) is 15.1 Å². The van der Waals surface area contributed by atoms with Crippen LogP contribution in [0.4, 0.5) is 0 Å². The van der Waals surface area contributed by atoms with E-state index in [-0.39, 0.29) is 17.2 Å². The molecule has 2 N–H and O–H groups in total. The number of hydrogen-bond acceptors (Lipinski definition) is 3. The highest BCUT2D eigenvalue weighted by atomic mass is 79.9. The van der Waals surface area contributed by atoms with Crippen LogP contribution in [0.3, 0.4) is 0 Å². The molecule has 5 nitrogen and oxygen atoms in total. The second-order valence-electron chi connectivity index (χ2n) is 4.22. The summed E-state index contributed by atoms with van der Waals surface area (Å²) in [5.41, 5.74) is 2.21. The van der Waals surface area contributed by atoms with Crippen LogP contribution in [-0.4, -0.2) is 20.8 Å². The van der Waals surface area contributed by atoms with Crippen molar-refractivity contribution in [2.24, 2.45) is 7.05 Å². The zero-order chi connectivity index (χ0) is 14.0. The highest BCUT2D eigenvalue weighted by molar-refractivity contribution is 9.10. The van der Waals surface area contributed by atoms with E-state index in [0.29, 0.717) is 6.54 Å². The Morgan fingerprint density at radius 1 is 1.53 bits per heavy atom. The van der Waals surface area contributed by atoms with Crippen molar-refractivity contribution in [3.63, 3.8) is 0 Å². The fraction of sp³-hybridized carbons (Fsp3) is 0.231. The number of hydrogen-bond donors (Lipinski definition) is 2. The van der Waals surface area contributed by atoms with Crippen LogP contribution in [0.5, 0.6) is 5.75 Å². The highest BCUT2D eigenvalue weighted by Crippen LogP contribution is 2.22. The first-order chi connectivity index (χ1) is 8.99. The Morgan fingerprint density at radius 3 is 2.84 bits per heavy atom. The Hall–Kier alpha value is -1.82. The number of benzene rings is 1. The molecule has 2 rings (SSSR count). The molecule has 0 aliphatic carbocycles. The number of carbonyl (C=O) groups excluding carboxylic acids is 1. The molecule has 0 spiro atoms. The number of carbonyl (C=O) groups is 1. The lowest BCUT2D eigenvalue weighted by Gasteiger charge is -2.07. The summed E-state index contributed by atoms with van der Waals surface area (Å²) in [5, 5.41) is 16.6. The number of nitrogens with zero attached hydrogens (tertiary/aromatic N) is 2. The van der Waals surface area contributed by atoms with Crippen molar-refractivity contribution in [3.8, 4) is 5.75 Å². The van der Waals surface area contributed by atoms with Crippen LogP contribution in [0.25, 0.3) is 0 Å². The quantitative estimate of drug-likeness (QED) is 0.909. The van der Waals surface area contributed by atoms with E-state index in [1.54, 1.807) is 23.0 Å². The van der Waals surface area contributed by atoms with Gasteiger partial charge in [-0.2, -0.15) is 5.10 Å². The molecule has 0 aliphatic rings. The lowest BCUT2D eigenvalue weighted by atomic mass is 10.2. The number of aromatic nitrogens is 2. The molecule has 1 aromatic carbocycles. The molecular formula is C13H14BrN3O2. The average Bonchev–Trinajstić information content (AvgIpc) is 2.67. The molecule has 0 bridgehead atoms. The van der Waals surface area contributed by atoms with Gasteiger partial charge in [0.2, 0.25) is 0 Å². The Kier molecular flexibility index (Phi) is 3.90. The van der Waals surface area contributed by atoms with Gasteiger partial charge in [0.15, 0.2) is 0 Å². The fourth-order valence-corrected chi connectivity index (χ4v) is 2.03. The predicted octanol–water partition coefficient (Wildman–Crippen LogP) is 2.13. The molecule has 100 valence electrons. The van der Waals surface area contributed by atoms with Crippen molar-refractivity contribution in [1.29, 1.82) is 0 Å². The number of phenolic OH excluding ortho intramolecular Hbond substituents is 1. The molecule has 0 saturated heterocycles. The number of phenols is 1. The second kappa shape index (κ2) is 5.44. The summed E-state index contributed by atoms with van der Waals surface area (Å²) in [5.74, 6) is -0.358.